The molecule has 0 amide bonds. The van der Waals surface area contributed by atoms with Crippen LogP contribution in [0.1, 0.15) is 24.1 Å². The van der Waals surface area contributed by atoms with Crippen molar-refractivity contribution in [2.24, 2.45) is 4.99 Å². The normalized spacial score (nSPS) is 15.8. The smallest absolute Gasteiger partial charge is 0.193 e. The summed E-state index contributed by atoms with van der Waals surface area (Å²) in [6, 6.07) is 4.29. The molecule has 2 heterocycles. The standard InChI is InChI=1S/C17H29N3O2S.HI/c1-18-17(20(2)10-6-16-5-3-14-23-16)19-9-4-11-22-15-7-12-21-13-8-15;/h3,5,14-15H,4,6-13H2,1-2H3,(H,18,19);1H. The summed E-state index contributed by atoms with van der Waals surface area (Å²) >= 11 is 1.81. The number of nitrogens with one attached hydrogen (secondary N) is 1. The van der Waals surface area contributed by atoms with E-state index in [4.69, 9.17) is 9.47 Å². The number of aliphatic imine (C=N–C) groups is 1. The van der Waals surface area contributed by atoms with Gasteiger partial charge in [0.05, 0.1) is 6.10 Å². The fourth-order valence-electron chi connectivity index (χ4n) is 2.59. The predicted octanol–water partition coefficient (Wildman–Crippen LogP) is 3.00. The van der Waals surface area contributed by atoms with E-state index in [9.17, 15) is 0 Å². The first-order valence-electron chi connectivity index (χ1n) is 8.43. The van der Waals surface area contributed by atoms with Crippen molar-refractivity contribution in [3.8, 4) is 0 Å². The highest BCUT2D eigenvalue weighted by atomic mass is 127. The quantitative estimate of drug-likeness (QED) is 0.277. The molecule has 1 aromatic rings. The average Bonchev–Trinajstić information content (AvgIpc) is 3.10. The third-order valence-electron chi connectivity index (χ3n) is 3.97. The lowest BCUT2D eigenvalue weighted by atomic mass is 10.1. The predicted molar refractivity (Wildman–Crippen MR) is 112 cm³/mol. The summed E-state index contributed by atoms with van der Waals surface area (Å²) in [5, 5.41) is 5.54. The van der Waals surface area contributed by atoms with Crippen molar-refractivity contribution < 1.29 is 9.47 Å². The van der Waals surface area contributed by atoms with E-state index in [-0.39, 0.29) is 24.0 Å². The van der Waals surface area contributed by atoms with Crippen LogP contribution in [0.2, 0.25) is 0 Å². The first kappa shape index (κ1) is 21.7. The van der Waals surface area contributed by atoms with Gasteiger partial charge in [0.15, 0.2) is 5.96 Å². The van der Waals surface area contributed by atoms with Gasteiger partial charge in [0, 0.05) is 51.9 Å². The van der Waals surface area contributed by atoms with Crippen LogP contribution in [0.15, 0.2) is 22.5 Å². The summed E-state index contributed by atoms with van der Waals surface area (Å²) in [6.45, 7) is 4.33. The number of likely N-dealkylation sites (N-methyl/N-ethyl adjacent to an activating group) is 1. The Morgan fingerprint density at radius 2 is 2.25 bits per heavy atom. The molecule has 1 aromatic heterocycles. The number of guanidine groups is 1. The summed E-state index contributed by atoms with van der Waals surface area (Å²) in [5.74, 6) is 0.952. The maximum absolute atomic E-state index is 5.88. The van der Waals surface area contributed by atoms with Crippen molar-refractivity contribution in [1.29, 1.82) is 0 Å². The van der Waals surface area contributed by atoms with Crippen LogP contribution in [0.4, 0.5) is 0 Å². The van der Waals surface area contributed by atoms with Gasteiger partial charge in [0.25, 0.3) is 0 Å². The second-order valence-electron chi connectivity index (χ2n) is 5.76. The lowest BCUT2D eigenvalue weighted by Gasteiger charge is -2.23. The van der Waals surface area contributed by atoms with Gasteiger partial charge in [-0.2, -0.15) is 0 Å². The summed E-state index contributed by atoms with van der Waals surface area (Å²) < 4.78 is 11.2. The second kappa shape index (κ2) is 12.9. The molecule has 0 spiro atoms. The van der Waals surface area contributed by atoms with Gasteiger partial charge in [-0.15, -0.1) is 35.3 Å². The Labute approximate surface area is 166 Å². The van der Waals surface area contributed by atoms with E-state index in [2.05, 4.69) is 39.8 Å². The molecule has 1 aliphatic rings. The van der Waals surface area contributed by atoms with Crippen LogP contribution in [0, 0.1) is 0 Å². The molecule has 2 rings (SSSR count). The minimum absolute atomic E-state index is 0. The molecule has 1 saturated heterocycles. The average molecular weight is 467 g/mol. The summed E-state index contributed by atoms with van der Waals surface area (Å²) in [6.07, 6.45) is 4.49. The Balaban J connectivity index is 0.00000288. The minimum Gasteiger partial charge on any atom is -0.381 e. The van der Waals surface area contributed by atoms with Crippen molar-refractivity contribution in [2.45, 2.75) is 31.8 Å². The molecular formula is C17H30IN3O2S. The molecule has 138 valence electrons. The van der Waals surface area contributed by atoms with Crippen molar-refractivity contribution in [3.63, 3.8) is 0 Å². The van der Waals surface area contributed by atoms with E-state index in [0.717, 1.165) is 64.6 Å². The fraction of sp³-hybridized carbons (Fsp3) is 0.706. The van der Waals surface area contributed by atoms with E-state index >= 15 is 0 Å². The molecule has 0 saturated carbocycles. The van der Waals surface area contributed by atoms with Crippen molar-refractivity contribution in [2.75, 3.05) is 47.0 Å². The van der Waals surface area contributed by atoms with Gasteiger partial charge in [0.1, 0.15) is 0 Å². The van der Waals surface area contributed by atoms with Crippen molar-refractivity contribution in [3.05, 3.63) is 22.4 Å². The third kappa shape index (κ3) is 8.13. The van der Waals surface area contributed by atoms with E-state index in [0.29, 0.717) is 6.10 Å². The number of thiophene rings is 1. The maximum atomic E-state index is 5.88. The number of hydrogen-bond acceptors (Lipinski definition) is 4. The SMILES string of the molecule is CN=C(NCCCOC1CCOCC1)N(C)CCc1cccs1.I. The van der Waals surface area contributed by atoms with Crippen LogP contribution in [-0.4, -0.2) is 64.0 Å². The molecule has 5 nitrogen and oxygen atoms in total. The van der Waals surface area contributed by atoms with Gasteiger partial charge in [0.2, 0.25) is 0 Å². The van der Waals surface area contributed by atoms with E-state index in [1.165, 1.54) is 4.88 Å². The molecule has 1 aliphatic heterocycles. The minimum atomic E-state index is 0. The zero-order valence-electron chi connectivity index (χ0n) is 14.7. The lowest BCUT2D eigenvalue weighted by molar-refractivity contribution is -0.0320. The molecule has 0 aromatic carbocycles. The molecule has 24 heavy (non-hydrogen) atoms. The molecule has 1 fully saturated rings. The van der Waals surface area contributed by atoms with E-state index in [1.807, 2.05) is 18.4 Å². The first-order valence-corrected chi connectivity index (χ1v) is 9.31. The van der Waals surface area contributed by atoms with Gasteiger partial charge in [-0.1, -0.05) is 6.07 Å². The Hall–Kier alpha value is -0.380. The first-order chi connectivity index (χ1) is 11.3. The molecular weight excluding hydrogens is 437 g/mol. The van der Waals surface area contributed by atoms with E-state index < -0.39 is 0 Å². The van der Waals surface area contributed by atoms with E-state index in [1.54, 1.807) is 0 Å². The van der Waals surface area contributed by atoms with Crippen LogP contribution in [0.3, 0.4) is 0 Å². The zero-order chi connectivity index (χ0) is 16.3. The van der Waals surface area contributed by atoms with Gasteiger partial charge in [-0.25, -0.2) is 0 Å². The largest absolute Gasteiger partial charge is 0.381 e. The zero-order valence-corrected chi connectivity index (χ0v) is 17.8. The number of halogens is 1. The summed E-state index contributed by atoms with van der Waals surface area (Å²) in [5.41, 5.74) is 0. The van der Waals surface area contributed by atoms with Crippen LogP contribution >= 0.6 is 35.3 Å². The monoisotopic (exact) mass is 467 g/mol. The number of hydrogen-bond donors (Lipinski definition) is 1. The van der Waals surface area contributed by atoms with Gasteiger partial charge < -0.3 is 19.7 Å². The summed E-state index contributed by atoms with van der Waals surface area (Å²) in [7, 11) is 3.92. The Morgan fingerprint density at radius 3 is 2.92 bits per heavy atom. The molecule has 0 aliphatic carbocycles. The number of rotatable bonds is 8. The highest BCUT2D eigenvalue weighted by molar-refractivity contribution is 14.0. The third-order valence-corrected chi connectivity index (χ3v) is 4.91. The highest BCUT2D eigenvalue weighted by Crippen LogP contribution is 2.11. The number of nitrogens with zero attached hydrogens (tertiary/aromatic N) is 2. The van der Waals surface area contributed by atoms with Crippen LogP contribution in [0.25, 0.3) is 0 Å². The molecule has 0 atom stereocenters. The summed E-state index contributed by atoms with van der Waals surface area (Å²) in [4.78, 5) is 7.95. The van der Waals surface area contributed by atoms with Gasteiger partial charge in [-0.3, -0.25) is 4.99 Å². The topological polar surface area (TPSA) is 46.1 Å². The Morgan fingerprint density at radius 1 is 1.46 bits per heavy atom. The van der Waals surface area contributed by atoms with Gasteiger partial charge in [-0.05, 0) is 37.1 Å². The van der Waals surface area contributed by atoms with Crippen LogP contribution in [-0.2, 0) is 15.9 Å². The van der Waals surface area contributed by atoms with Crippen molar-refractivity contribution in [1.82, 2.24) is 10.2 Å². The molecule has 0 unspecified atom stereocenters. The molecule has 0 radical (unpaired) electrons. The maximum Gasteiger partial charge on any atom is 0.193 e. The van der Waals surface area contributed by atoms with Crippen molar-refractivity contribution >= 4 is 41.3 Å². The molecule has 0 bridgehead atoms. The van der Waals surface area contributed by atoms with Crippen LogP contribution in [0.5, 0.6) is 0 Å². The molecule has 1 N–H and O–H groups in total. The Bertz CT molecular complexity index is 451. The second-order valence-corrected chi connectivity index (χ2v) is 6.79. The number of ether oxygens (including phenoxy) is 2. The van der Waals surface area contributed by atoms with Gasteiger partial charge >= 0.3 is 0 Å². The highest BCUT2D eigenvalue weighted by Gasteiger charge is 2.13. The Kier molecular flexibility index (Phi) is 11.7. The molecule has 7 heteroatoms. The fourth-order valence-corrected chi connectivity index (χ4v) is 3.29. The van der Waals surface area contributed by atoms with Crippen LogP contribution < -0.4 is 5.32 Å². The lowest BCUT2D eigenvalue weighted by Crippen LogP contribution is -2.40.